The van der Waals surface area contributed by atoms with Crippen LogP contribution in [-0.2, 0) is 23.9 Å². The summed E-state index contributed by atoms with van der Waals surface area (Å²) in [7, 11) is 1.60. The van der Waals surface area contributed by atoms with Gasteiger partial charge in [-0.05, 0) is 26.8 Å². The van der Waals surface area contributed by atoms with Gasteiger partial charge in [-0.2, -0.15) is 0 Å². The Morgan fingerprint density at radius 1 is 1.18 bits per heavy atom. The van der Waals surface area contributed by atoms with Gasteiger partial charge in [0.2, 0.25) is 0 Å². The molecule has 0 aromatic heterocycles. The number of hydrogen-bond donors (Lipinski definition) is 3. The molecule has 0 radical (unpaired) electrons. The SMILES string of the molecule is CNC(CCCN/C(C)=C\C(=O)OCCOC(C)=O)C(=O)O. The number of esters is 2. The number of nitrogens with one attached hydrogen (secondary N) is 2. The molecule has 22 heavy (non-hydrogen) atoms. The molecule has 126 valence electrons. The summed E-state index contributed by atoms with van der Waals surface area (Å²) in [5.74, 6) is -1.84. The minimum absolute atomic E-state index is 0.00462. The molecule has 0 aliphatic rings. The summed E-state index contributed by atoms with van der Waals surface area (Å²) in [5.41, 5.74) is 0.619. The minimum Gasteiger partial charge on any atom is -0.480 e. The van der Waals surface area contributed by atoms with E-state index in [0.717, 1.165) is 0 Å². The van der Waals surface area contributed by atoms with Crippen molar-refractivity contribution < 1.29 is 29.0 Å². The maximum Gasteiger partial charge on any atom is 0.332 e. The van der Waals surface area contributed by atoms with Gasteiger partial charge < -0.3 is 25.2 Å². The number of carbonyl (C=O) groups is 3. The molecule has 0 fully saturated rings. The van der Waals surface area contributed by atoms with Gasteiger partial charge in [-0.1, -0.05) is 0 Å². The van der Waals surface area contributed by atoms with Gasteiger partial charge in [0, 0.05) is 25.2 Å². The molecule has 0 rings (SSSR count). The Kier molecular flexibility index (Phi) is 10.5. The third-order valence-electron chi connectivity index (χ3n) is 2.69. The zero-order valence-electron chi connectivity index (χ0n) is 13.2. The second kappa shape index (κ2) is 11.6. The molecular formula is C14H24N2O6. The lowest BCUT2D eigenvalue weighted by Gasteiger charge is -2.11. The number of ether oxygens (including phenoxy) is 2. The number of carboxylic acids is 1. The van der Waals surface area contributed by atoms with Crippen molar-refractivity contribution >= 4 is 17.9 Å². The highest BCUT2D eigenvalue weighted by molar-refractivity contribution is 5.82. The quantitative estimate of drug-likeness (QED) is 0.278. The lowest BCUT2D eigenvalue weighted by Crippen LogP contribution is -2.34. The Labute approximate surface area is 129 Å². The molecule has 0 saturated carbocycles. The molecule has 1 unspecified atom stereocenters. The summed E-state index contributed by atoms with van der Waals surface area (Å²) < 4.78 is 9.46. The smallest absolute Gasteiger partial charge is 0.332 e. The second-order valence-corrected chi connectivity index (χ2v) is 4.58. The first-order chi connectivity index (χ1) is 10.4. The van der Waals surface area contributed by atoms with E-state index in [1.807, 2.05) is 0 Å². The Hall–Kier alpha value is -2.09. The largest absolute Gasteiger partial charge is 0.480 e. The lowest BCUT2D eigenvalue weighted by atomic mass is 10.1. The molecule has 0 bridgehead atoms. The van der Waals surface area contributed by atoms with Gasteiger partial charge in [0.15, 0.2) is 0 Å². The fourth-order valence-electron chi connectivity index (χ4n) is 1.58. The van der Waals surface area contributed by atoms with Crippen LogP contribution >= 0.6 is 0 Å². The number of carbonyl (C=O) groups excluding carboxylic acids is 2. The maximum atomic E-state index is 11.4. The predicted octanol–water partition coefficient (Wildman–Crippen LogP) is 0.0389. The van der Waals surface area contributed by atoms with Crippen LogP contribution in [0.3, 0.4) is 0 Å². The molecule has 3 N–H and O–H groups in total. The number of hydrogen-bond acceptors (Lipinski definition) is 7. The van der Waals surface area contributed by atoms with Crippen LogP contribution in [0.1, 0.15) is 26.7 Å². The zero-order chi connectivity index (χ0) is 17.0. The van der Waals surface area contributed by atoms with Crippen molar-refractivity contribution in [3.8, 4) is 0 Å². The van der Waals surface area contributed by atoms with Gasteiger partial charge in [0.05, 0.1) is 0 Å². The normalized spacial score (nSPS) is 12.4. The zero-order valence-corrected chi connectivity index (χ0v) is 13.2. The first-order valence-electron chi connectivity index (χ1n) is 6.99. The van der Waals surface area contributed by atoms with Gasteiger partial charge in [-0.25, -0.2) is 4.79 Å². The number of likely N-dealkylation sites (N-methyl/N-ethyl adjacent to an activating group) is 1. The van der Waals surface area contributed by atoms with Crippen molar-refractivity contribution in [3.63, 3.8) is 0 Å². The van der Waals surface area contributed by atoms with Crippen LogP contribution in [0, 0.1) is 0 Å². The van der Waals surface area contributed by atoms with Crippen molar-refractivity contribution in [3.05, 3.63) is 11.8 Å². The third-order valence-corrected chi connectivity index (χ3v) is 2.69. The van der Waals surface area contributed by atoms with Crippen LogP contribution in [0.2, 0.25) is 0 Å². The molecule has 8 nitrogen and oxygen atoms in total. The molecule has 0 aliphatic carbocycles. The summed E-state index contributed by atoms with van der Waals surface area (Å²) in [4.78, 5) is 32.7. The maximum absolute atomic E-state index is 11.4. The molecule has 0 aliphatic heterocycles. The highest BCUT2D eigenvalue weighted by Gasteiger charge is 2.13. The van der Waals surface area contributed by atoms with Crippen LogP contribution in [0.15, 0.2) is 11.8 Å². The molecule has 0 aromatic carbocycles. The fourth-order valence-corrected chi connectivity index (χ4v) is 1.58. The molecule has 0 aromatic rings. The first kappa shape index (κ1) is 19.9. The summed E-state index contributed by atoms with van der Waals surface area (Å²) in [6.45, 7) is 3.57. The third kappa shape index (κ3) is 10.7. The average Bonchev–Trinajstić information content (AvgIpc) is 2.43. The summed E-state index contributed by atoms with van der Waals surface area (Å²) >= 11 is 0. The van der Waals surface area contributed by atoms with Gasteiger partial charge in [-0.3, -0.25) is 9.59 Å². The summed E-state index contributed by atoms with van der Waals surface area (Å²) in [6.07, 6.45) is 2.42. The van der Waals surface area contributed by atoms with E-state index in [9.17, 15) is 14.4 Å². The van der Waals surface area contributed by atoms with E-state index in [1.54, 1.807) is 14.0 Å². The highest BCUT2D eigenvalue weighted by atomic mass is 16.6. The molecule has 0 saturated heterocycles. The monoisotopic (exact) mass is 316 g/mol. The van der Waals surface area contributed by atoms with Crippen molar-refractivity contribution in [1.82, 2.24) is 10.6 Å². The van der Waals surface area contributed by atoms with Crippen LogP contribution in [0.25, 0.3) is 0 Å². The van der Waals surface area contributed by atoms with Gasteiger partial charge in [0.25, 0.3) is 0 Å². The first-order valence-corrected chi connectivity index (χ1v) is 6.99. The number of carboxylic acid groups (broad SMARTS) is 1. The van der Waals surface area contributed by atoms with Crippen molar-refractivity contribution in [2.45, 2.75) is 32.7 Å². The van der Waals surface area contributed by atoms with Crippen LogP contribution < -0.4 is 10.6 Å². The van der Waals surface area contributed by atoms with Crippen molar-refractivity contribution in [2.75, 3.05) is 26.8 Å². The van der Waals surface area contributed by atoms with Crippen molar-refractivity contribution in [2.24, 2.45) is 0 Å². The van der Waals surface area contributed by atoms with Gasteiger partial charge in [0.1, 0.15) is 19.3 Å². The van der Waals surface area contributed by atoms with E-state index in [0.29, 0.717) is 25.1 Å². The molecule has 8 heteroatoms. The lowest BCUT2D eigenvalue weighted by molar-refractivity contribution is -0.147. The highest BCUT2D eigenvalue weighted by Crippen LogP contribution is 1.97. The van der Waals surface area contributed by atoms with E-state index < -0.39 is 23.9 Å². The Balaban J connectivity index is 3.85. The topological polar surface area (TPSA) is 114 Å². The van der Waals surface area contributed by atoms with Crippen LogP contribution in [-0.4, -0.2) is 55.9 Å². The number of aliphatic carboxylic acids is 1. The molecule has 1 atom stereocenters. The number of rotatable bonds is 11. The predicted molar refractivity (Wildman–Crippen MR) is 79.1 cm³/mol. The standard InChI is InChI=1S/C14H24N2O6/c1-10(9-13(18)22-8-7-21-11(2)17)16-6-4-5-12(15-3)14(19)20/h9,12,15-16H,4-8H2,1-3H3,(H,19,20)/b10-9-. The van der Waals surface area contributed by atoms with E-state index in [4.69, 9.17) is 9.84 Å². The van der Waals surface area contributed by atoms with E-state index >= 15 is 0 Å². The summed E-state index contributed by atoms with van der Waals surface area (Å²) in [5, 5.41) is 14.6. The Morgan fingerprint density at radius 3 is 2.36 bits per heavy atom. The van der Waals surface area contributed by atoms with Gasteiger partial charge in [-0.15, -0.1) is 0 Å². The Morgan fingerprint density at radius 2 is 1.82 bits per heavy atom. The molecule has 0 heterocycles. The molecule has 0 amide bonds. The van der Waals surface area contributed by atoms with E-state index in [-0.39, 0.29) is 13.2 Å². The Bertz CT molecular complexity index is 408. The van der Waals surface area contributed by atoms with Crippen LogP contribution in [0.5, 0.6) is 0 Å². The van der Waals surface area contributed by atoms with Crippen LogP contribution in [0.4, 0.5) is 0 Å². The number of allylic oxidation sites excluding steroid dienone is 1. The van der Waals surface area contributed by atoms with E-state index in [2.05, 4.69) is 15.4 Å². The fraction of sp³-hybridized carbons (Fsp3) is 0.643. The summed E-state index contributed by atoms with van der Waals surface area (Å²) in [6, 6.07) is -0.572. The molecule has 0 spiro atoms. The van der Waals surface area contributed by atoms with E-state index in [1.165, 1.54) is 13.0 Å². The minimum atomic E-state index is -0.883. The van der Waals surface area contributed by atoms with Gasteiger partial charge >= 0.3 is 17.9 Å². The molecular weight excluding hydrogens is 292 g/mol. The van der Waals surface area contributed by atoms with Crippen molar-refractivity contribution in [1.29, 1.82) is 0 Å². The average molecular weight is 316 g/mol. The second-order valence-electron chi connectivity index (χ2n) is 4.58.